The summed E-state index contributed by atoms with van der Waals surface area (Å²) < 4.78 is 6.11. The summed E-state index contributed by atoms with van der Waals surface area (Å²) >= 11 is 3.21. The van der Waals surface area contributed by atoms with Gasteiger partial charge in [-0.1, -0.05) is 22.5 Å². The molecule has 0 radical (unpaired) electrons. The van der Waals surface area contributed by atoms with Crippen LogP contribution in [-0.2, 0) is 4.74 Å². The van der Waals surface area contributed by atoms with Crippen LogP contribution in [0.1, 0.15) is 0 Å². The maximum Gasteiger partial charge on any atom is 0.0776 e. The summed E-state index contributed by atoms with van der Waals surface area (Å²) in [5.74, 6) is 0. The minimum absolute atomic E-state index is 0.605. The number of rotatable bonds is 5. The van der Waals surface area contributed by atoms with Crippen molar-refractivity contribution in [2.24, 2.45) is 0 Å². The molecular weight excluding hydrogens is 194 g/mol. The first kappa shape index (κ1) is 10.1. The van der Waals surface area contributed by atoms with Gasteiger partial charge in [0.05, 0.1) is 13.2 Å². The summed E-state index contributed by atoms with van der Waals surface area (Å²) in [6.07, 6.45) is 0. The van der Waals surface area contributed by atoms with Gasteiger partial charge in [-0.15, -0.1) is 0 Å². The molecule has 0 amide bonds. The Morgan fingerprint density at radius 1 is 1.60 bits per heavy atom. The van der Waals surface area contributed by atoms with Crippen LogP contribution in [0.5, 0.6) is 0 Å². The molecule has 0 saturated carbocycles. The van der Waals surface area contributed by atoms with Crippen molar-refractivity contribution in [3.63, 3.8) is 0 Å². The molecule has 2 nitrogen and oxygen atoms in total. The van der Waals surface area contributed by atoms with Gasteiger partial charge < -0.3 is 9.64 Å². The number of ether oxygens (including phenoxy) is 1. The van der Waals surface area contributed by atoms with E-state index in [4.69, 9.17) is 4.74 Å². The number of hydrogen-bond donors (Lipinski definition) is 0. The Bertz CT molecular complexity index is 104. The van der Waals surface area contributed by atoms with Gasteiger partial charge >= 0.3 is 0 Å². The van der Waals surface area contributed by atoms with Crippen molar-refractivity contribution in [3.8, 4) is 0 Å². The van der Waals surface area contributed by atoms with Crippen molar-refractivity contribution >= 4 is 15.9 Å². The lowest BCUT2D eigenvalue weighted by Gasteiger charge is -2.08. The van der Waals surface area contributed by atoms with Gasteiger partial charge in [-0.2, -0.15) is 0 Å². The van der Waals surface area contributed by atoms with Crippen LogP contribution in [0.15, 0.2) is 11.1 Å². The third-order valence-corrected chi connectivity index (χ3v) is 1.17. The minimum atomic E-state index is 0.605. The fraction of sp³-hybridized carbons (Fsp3) is 0.714. The molecule has 0 rings (SSSR count). The smallest absolute Gasteiger partial charge is 0.0776 e. The molecular formula is C7H14BrNO. The highest BCUT2D eigenvalue weighted by molar-refractivity contribution is 9.11. The van der Waals surface area contributed by atoms with E-state index in [0.29, 0.717) is 6.61 Å². The second-order valence-corrected chi connectivity index (χ2v) is 3.49. The van der Waals surface area contributed by atoms with Crippen LogP contribution in [0.25, 0.3) is 0 Å². The van der Waals surface area contributed by atoms with Crippen LogP contribution in [0.2, 0.25) is 0 Å². The molecule has 0 fully saturated rings. The molecule has 60 valence electrons. The summed E-state index contributed by atoms with van der Waals surface area (Å²) in [5, 5.41) is 0. The van der Waals surface area contributed by atoms with Crippen molar-refractivity contribution in [1.29, 1.82) is 0 Å². The van der Waals surface area contributed by atoms with E-state index in [1.165, 1.54) is 0 Å². The van der Waals surface area contributed by atoms with Gasteiger partial charge in [-0.05, 0) is 14.1 Å². The third kappa shape index (κ3) is 8.14. The maximum atomic E-state index is 5.22. The number of nitrogens with zero attached hydrogens (tertiary/aromatic N) is 1. The Balaban J connectivity index is 2.98. The maximum absolute atomic E-state index is 5.22. The number of halogens is 1. The van der Waals surface area contributed by atoms with Crippen LogP contribution < -0.4 is 0 Å². The summed E-state index contributed by atoms with van der Waals surface area (Å²) in [7, 11) is 4.04. The van der Waals surface area contributed by atoms with E-state index in [2.05, 4.69) is 27.4 Å². The monoisotopic (exact) mass is 207 g/mol. The summed E-state index contributed by atoms with van der Waals surface area (Å²) in [5.41, 5.74) is 0. The van der Waals surface area contributed by atoms with Crippen LogP contribution >= 0.6 is 15.9 Å². The van der Waals surface area contributed by atoms with E-state index in [1.807, 2.05) is 14.1 Å². The Kier molecular flexibility index (Phi) is 5.97. The topological polar surface area (TPSA) is 12.5 Å². The molecule has 0 aromatic heterocycles. The number of hydrogen-bond acceptors (Lipinski definition) is 2. The van der Waals surface area contributed by atoms with E-state index in [-0.39, 0.29) is 0 Å². The standard InChI is InChI=1S/C7H14BrNO/c1-7(8)6-10-5-4-9(2)3/h1,4-6H2,2-3H3. The zero-order valence-corrected chi connectivity index (χ0v) is 8.15. The zero-order valence-electron chi connectivity index (χ0n) is 6.56. The van der Waals surface area contributed by atoms with Crippen molar-refractivity contribution in [2.45, 2.75) is 0 Å². The molecule has 10 heavy (non-hydrogen) atoms. The van der Waals surface area contributed by atoms with Gasteiger partial charge in [-0.25, -0.2) is 0 Å². The molecule has 0 aliphatic heterocycles. The number of likely N-dealkylation sites (N-methyl/N-ethyl adjacent to an activating group) is 1. The van der Waals surface area contributed by atoms with Gasteiger partial charge in [0.1, 0.15) is 0 Å². The Morgan fingerprint density at radius 3 is 2.60 bits per heavy atom. The second kappa shape index (κ2) is 5.89. The highest BCUT2D eigenvalue weighted by atomic mass is 79.9. The molecule has 0 aliphatic carbocycles. The summed E-state index contributed by atoms with van der Waals surface area (Å²) in [4.78, 5) is 2.08. The second-order valence-electron chi connectivity index (χ2n) is 2.37. The predicted molar refractivity (Wildman–Crippen MR) is 47.4 cm³/mol. The van der Waals surface area contributed by atoms with Crippen LogP contribution in [-0.4, -0.2) is 38.8 Å². The average Bonchev–Trinajstić information content (AvgIpc) is 1.79. The van der Waals surface area contributed by atoms with Gasteiger partial charge in [0.15, 0.2) is 0 Å². The minimum Gasteiger partial charge on any atom is -0.375 e. The first-order chi connectivity index (χ1) is 4.63. The molecule has 0 aromatic carbocycles. The van der Waals surface area contributed by atoms with Gasteiger partial charge in [0.2, 0.25) is 0 Å². The molecule has 0 unspecified atom stereocenters. The molecule has 0 aliphatic rings. The average molecular weight is 208 g/mol. The van der Waals surface area contributed by atoms with E-state index in [0.717, 1.165) is 17.6 Å². The van der Waals surface area contributed by atoms with Crippen molar-refractivity contribution < 1.29 is 4.74 Å². The van der Waals surface area contributed by atoms with Crippen LogP contribution in [0, 0.1) is 0 Å². The SMILES string of the molecule is C=C(Br)COCCN(C)C. The highest BCUT2D eigenvalue weighted by Crippen LogP contribution is 1.99. The van der Waals surface area contributed by atoms with Gasteiger partial charge in [-0.3, -0.25) is 0 Å². The lowest BCUT2D eigenvalue weighted by Crippen LogP contribution is -2.18. The highest BCUT2D eigenvalue weighted by Gasteiger charge is 1.90. The molecule has 0 N–H and O–H groups in total. The predicted octanol–water partition coefficient (Wildman–Crippen LogP) is 1.47. The van der Waals surface area contributed by atoms with Crippen LogP contribution in [0.4, 0.5) is 0 Å². The Labute approximate surface area is 71.0 Å². The van der Waals surface area contributed by atoms with E-state index in [1.54, 1.807) is 0 Å². The zero-order chi connectivity index (χ0) is 7.98. The molecule has 0 bridgehead atoms. The van der Waals surface area contributed by atoms with Gasteiger partial charge in [0, 0.05) is 11.0 Å². The largest absolute Gasteiger partial charge is 0.375 e. The molecule has 0 saturated heterocycles. The lowest BCUT2D eigenvalue weighted by atomic mass is 10.6. The molecule has 3 heteroatoms. The Morgan fingerprint density at radius 2 is 2.20 bits per heavy atom. The quantitative estimate of drug-likeness (QED) is 0.634. The molecule has 0 heterocycles. The van der Waals surface area contributed by atoms with E-state index in [9.17, 15) is 0 Å². The fourth-order valence-corrected chi connectivity index (χ4v) is 0.592. The Hall–Kier alpha value is 0.140. The van der Waals surface area contributed by atoms with Crippen molar-refractivity contribution in [2.75, 3.05) is 33.9 Å². The molecule has 0 aromatic rings. The van der Waals surface area contributed by atoms with Crippen LogP contribution in [0.3, 0.4) is 0 Å². The summed E-state index contributed by atoms with van der Waals surface area (Å²) in [6.45, 7) is 5.97. The normalized spacial score (nSPS) is 10.4. The molecule has 0 spiro atoms. The lowest BCUT2D eigenvalue weighted by molar-refractivity contribution is 0.140. The summed E-state index contributed by atoms with van der Waals surface area (Å²) in [6, 6.07) is 0. The van der Waals surface area contributed by atoms with Crippen molar-refractivity contribution in [1.82, 2.24) is 4.90 Å². The first-order valence-corrected chi connectivity index (χ1v) is 3.98. The van der Waals surface area contributed by atoms with Crippen molar-refractivity contribution in [3.05, 3.63) is 11.1 Å². The van der Waals surface area contributed by atoms with E-state index < -0.39 is 0 Å². The third-order valence-electron chi connectivity index (χ3n) is 0.942. The fourth-order valence-electron chi connectivity index (χ4n) is 0.430. The van der Waals surface area contributed by atoms with Gasteiger partial charge in [0.25, 0.3) is 0 Å². The molecule has 0 atom stereocenters. The van der Waals surface area contributed by atoms with E-state index >= 15 is 0 Å². The first-order valence-electron chi connectivity index (χ1n) is 3.18.